The zero-order valence-electron chi connectivity index (χ0n) is 17.2. The number of nitrogens with zero attached hydrogens (tertiary/aromatic N) is 2. The summed E-state index contributed by atoms with van der Waals surface area (Å²) in [4.78, 5) is 28.3. The van der Waals surface area contributed by atoms with Gasteiger partial charge < -0.3 is 23.4 Å². The molecule has 1 aromatic carbocycles. The van der Waals surface area contributed by atoms with E-state index in [2.05, 4.69) is 0 Å². The Kier molecular flexibility index (Phi) is 4.91. The van der Waals surface area contributed by atoms with Crippen LogP contribution in [0, 0.1) is 12.7 Å². The van der Waals surface area contributed by atoms with Gasteiger partial charge in [-0.2, -0.15) is 0 Å². The molecular formula is C23H23FN2O5. The Morgan fingerprint density at radius 1 is 1.10 bits per heavy atom. The first kappa shape index (κ1) is 20.0. The Morgan fingerprint density at radius 3 is 2.45 bits per heavy atom. The topological polar surface area (TPSA) is 73.9 Å². The van der Waals surface area contributed by atoms with Crippen LogP contribution in [0.25, 0.3) is 11.0 Å². The van der Waals surface area contributed by atoms with Crippen molar-refractivity contribution in [2.45, 2.75) is 32.1 Å². The number of amides is 1. The van der Waals surface area contributed by atoms with Gasteiger partial charge in [0.1, 0.15) is 17.2 Å². The van der Waals surface area contributed by atoms with Gasteiger partial charge in [0.15, 0.2) is 5.79 Å². The predicted molar refractivity (Wildman–Crippen MR) is 110 cm³/mol. The van der Waals surface area contributed by atoms with Gasteiger partial charge in [-0.05, 0) is 30.7 Å². The van der Waals surface area contributed by atoms with Gasteiger partial charge in [0.25, 0.3) is 11.5 Å². The molecule has 2 aliphatic heterocycles. The van der Waals surface area contributed by atoms with Crippen molar-refractivity contribution >= 4 is 16.9 Å². The number of hydrogen-bond acceptors (Lipinski definition) is 5. The molecule has 0 N–H and O–H groups in total. The number of carbonyl (C=O) groups excluding carboxylic acids is 1. The maximum atomic E-state index is 13.4. The van der Waals surface area contributed by atoms with Gasteiger partial charge in [-0.15, -0.1) is 0 Å². The number of halogens is 1. The van der Waals surface area contributed by atoms with Crippen LogP contribution in [0.1, 0.15) is 34.5 Å². The van der Waals surface area contributed by atoms with Crippen LogP contribution in [0.5, 0.6) is 0 Å². The quantitative estimate of drug-likeness (QED) is 0.644. The van der Waals surface area contributed by atoms with Gasteiger partial charge in [0, 0.05) is 32.1 Å². The second-order valence-electron chi connectivity index (χ2n) is 8.05. The molecule has 0 atom stereocenters. The van der Waals surface area contributed by atoms with Crippen molar-refractivity contribution in [1.82, 2.24) is 9.47 Å². The van der Waals surface area contributed by atoms with Crippen molar-refractivity contribution in [3.63, 3.8) is 0 Å². The third-order valence-electron chi connectivity index (χ3n) is 6.10. The minimum atomic E-state index is -0.577. The largest absolute Gasteiger partial charge is 0.460 e. The van der Waals surface area contributed by atoms with Crippen molar-refractivity contribution in [3.8, 4) is 0 Å². The lowest BCUT2D eigenvalue weighted by Crippen LogP contribution is -2.47. The van der Waals surface area contributed by atoms with E-state index in [1.807, 2.05) is 0 Å². The summed E-state index contributed by atoms with van der Waals surface area (Å²) in [5.74, 6) is -0.709. The molecule has 2 aromatic heterocycles. The second-order valence-corrected chi connectivity index (χ2v) is 8.05. The van der Waals surface area contributed by atoms with Gasteiger partial charge in [-0.3, -0.25) is 9.59 Å². The molecule has 3 aromatic rings. The van der Waals surface area contributed by atoms with E-state index in [4.69, 9.17) is 13.9 Å². The number of piperidine rings is 1. The normalized spacial score (nSPS) is 18.2. The van der Waals surface area contributed by atoms with Crippen LogP contribution in [0.2, 0.25) is 0 Å². The summed E-state index contributed by atoms with van der Waals surface area (Å²) in [7, 11) is 0. The summed E-state index contributed by atoms with van der Waals surface area (Å²) in [6.07, 6.45) is 2.83. The average molecular weight is 426 g/mol. The Hall–Kier alpha value is -2.97. The van der Waals surface area contributed by atoms with E-state index in [0.29, 0.717) is 56.1 Å². The molecular weight excluding hydrogens is 403 g/mol. The summed E-state index contributed by atoms with van der Waals surface area (Å²) in [5, 5.41) is 0.278. The van der Waals surface area contributed by atoms with E-state index in [-0.39, 0.29) is 29.2 Å². The van der Waals surface area contributed by atoms with Crippen LogP contribution in [0.3, 0.4) is 0 Å². The minimum Gasteiger partial charge on any atom is -0.460 e. The van der Waals surface area contributed by atoms with Gasteiger partial charge in [-0.25, -0.2) is 4.39 Å². The number of aromatic nitrogens is 1. The molecule has 2 saturated heterocycles. The summed E-state index contributed by atoms with van der Waals surface area (Å²) >= 11 is 0. The third kappa shape index (κ3) is 3.55. The van der Waals surface area contributed by atoms with Gasteiger partial charge in [0.05, 0.1) is 30.7 Å². The molecule has 5 rings (SSSR count). The zero-order chi connectivity index (χ0) is 21.6. The summed E-state index contributed by atoms with van der Waals surface area (Å²) in [5.41, 5.74) is 1.17. The Balaban J connectivity index is 1.45. The van der Waals surface area contributed by atoms with Crippen LogP contribution >= 0.6 is 0 Å². The molecule has 0 bridgehead atoms. The highest BCUT2D eigenvalue weighted by Gasteiger charge is 2.41. The standard InChI is InChI=1S/C23H23FN2O5/c1-15-19(21(27)25-10-7-23(8-11-25)29-12-13-30-23)20-18(31-15)6-9-26(22(20)28)14-16-2-4-17(24)5-3-16/h2-6,9H,7-8,10-14H2,1H3. The maximum Gasteiger partial charge on any atom is 0.262 e. The summed E-state index contributed by atoms with van der Waals surface area (Å²) in [6, 6.07) is 7.67. The average Bonchev–Trinajstić information content (AvgIpc) is 3.36. The van der Waals surface area contributed by atoms with Crippen LogP contribution in [0.4, 0.5) is 4.39 Å². The van der Waals surface area contributed by atoms with E-state index in [1.54, 1.807) is 36.2 Å². The number of aryl methyl sites for hydroxylation is 1. The number of pyridine rings is 1. The van der Waals surface area contributed by atoms with Crippen LogP contribution in [-0.4, -0.2) is 47.5 Å². The minimum absolute atomic E-state index is 0.222. The highest BCUT2D eigenvalue weighted by atomic mass is 19.1. The molecule has 0 unspecified atom stereocenters. The van der Waals surface area contributed by atoms with Gasteiger partial charge >= 0.3 is 0 Å². The highest BCUT2D eigenvalue weighted by Crippen LogP contribution is 2.33. The number of rotatable bonds is 3. The molecule has 0 aliphatic carbocycles. The maximum absolute atomic E-state index is 13.4. The number of benzene rings is 1. The number of likely N-dealkylation sites (tertiary alicyclic amines) is 1. The number of fused-ring (bicyclic) bond motifs is 1. The van der Waals surface area contributed by atoms with Crippen molar-refractivity contribution in [2.24, 2.45) is 0 Å². The molecule has 162 valence electrons. The summed E-state index contributed by atoms with van der Waals surface area (Å²) < 4.78 is 31.9. The molecule has 7 nitrogen and oxygen atoms in total. The molecule has 0 radical (unpaired) electrons. The van der Waals surface area contributed by atoms with Gasteiger partial charge in [0.2, 0.25) is 0 Å². The molecule has 1 spiro atoms. The highest BCUT2D eigenvalue weighted by molar-refractivity contribution is 6.06. The van der Waals surface area contributed by atoms with Crippen LogP contribution < -0.4 is 5.56 Å². The first-order valence-electron chi connectivity index (χ1n) is 10.4. The molecule has 0 saturated carbocycles. The number of carbonyl (C=O) groups is 1. The first-order chi connectivity index (χ1) is 15.0. The van der Waals surface area contributed by atoms with Gasteiger partial charge in [-0.1, -0.05) is 12.1 Å². The van der Waals surface area contributed by atoms with Crippen molar-refractivity contribution < 1.29 is 23.1 Å². The van der Waals surface area contributed by atoms with Crippen molar-refractivity contribution in [3.05, 3.63) is 69.6 Å². The van der Waals surface area contributed by atoms with E-state index in [1.165, 1.54) is 16.7 Å². The van der Waals surface area contributed by atoms with Crippen molar-refractivity contribution in [2.75, 3.05) is 26.3 Å². The van der Waals surface area contributed by atoms with Crippen LogP contribution in [0.15, 0.2) is 45.7 Å². The number of furan rings is 1. The molecule has 8 heteroatoms. The Morgan fingerprint density at radius 2 is 1.77 bits per heavy atom. The third-order valence-corrected chi connectivity index (χ3v) is 6.10. The Labute approximate surface area is 178 Å². The number of hydrogen-bond donors (Lipinski definition) is 0. The first-order valence-corrected chi connectivity index (χ1v) is 10.4. The monoisotopic (exact) mass is 426 g/mol. The fraction of sp³-hybridized carbons (Fsp3) is 0.391. The predicted octanol–water partition coefficient (Wildman–Crippen LogP) is 3.07. The lowest BCUT2D eigenvalue weighted by Gasteiger charge is -2.37. The van der Waals surface area contributed by atoms with Crippen LogP contribution in [-0.2, 0) is 16.0 Å². The fourth-order valence-corrected chi connectivity index (χ4v) is 4.43. The Bertz CT molecular complexity index is 1180. The fourth-order valence-electron chi connectivity index (χ4n) is 4.43. The lowest BCUT2D eigenvalue weighted by atomic mass is 10.0. The molecule has 1 amide bonds. The molecule has 31 heavy (non-hydrogen) atoms. The lowest BCUT2D eigenvalue weighted by molar-refractivity contribution is -0.181. The van der Waals surface area contributed by atoms with Crippen molar-refractivity contribution in [1.29, 1.82) is 0 Å². The number of ether oxygens (including phenoxy) is 2. The zero-order valence-corrected chi connectivity index (χ0v) is 17.2. The van der Waals surface area contributed by atoms with E-state index >= 15 is 0 Å². The molecule has 2 fully saturated rings. The SMILES string of the molecule is Cc1oc2ccn(Cc3ccc(F)cc3)c(=O)c2c1C(=O)N1CCC2(CC1)OCCO2. The smallest absolute Gasteiger partial charge is 0.262 e. The van der Waals surface area contributed by atoms with E-state index in [0.717, 1.165) is 5.56 Å². The van der Waals surface area contributed by atoms with E-state index < -0.39 is 5.79 Å². The molecule has 4 heterocycles. The summed E-state index contributed by atoms with van der Waals surface area (Å²) in [6.45, 7) is 4.10. The second kappa shape index (κ2) is 7.62. The van der Waals surface area contributed by atoms with E-state index in [9.17, 15) is 14.0 Å². The molecule has 2 aliphatic rings.